The van der Waals surface area contributed by atoms with Crippen molar-refractivity contribution in [1.82, 2.24) is 9.97 Å². The Balaban J connectivity index is 1.42. The number of aryl methyl sites for hydroxylation is 1. The first kappa shape index (κ1) is 22.6. The number of nitrogens with zero attached hydrogens (tertiary/aromatic N) is 2. The summed E-state index contributed by atoms with van der Waals surface area (Å²) < 4.78 is 26.5. The van der Waals surface area contributed by atoms with E-state index in [1.54, 1.807) is 6.20 Å². The van der Waals surface area contributed by atoms with Gasteiger partial charge in [-0.3, -0.25) is 0 Å². The van der Waals surface area contributed by atoms with Crippen molar-refractivity contribution in [2.24, 2.45) is 11.8 Å². The molecule has 0 atom stereocenters. The third kappa shape index (κ3) is 6.71. The summed E-state index contributed by atoms with van der Waals surface area (Å²) in [6.07, 6.45) is 14.8. The van der Waals surface area contributed by atoms with Gasteiger partial charge >= 0.3 is 0 Å². The quantitative estimate of drug-likeness (QED) is 0.343. The van der Waals surface area contributed by atoms with Crippen LogP contribution in [-0.4, -0.2) is 29.5 Å². The molecule has 29 heavy (non-hydrogen) atoms. The van der Waals surface area contributed by atoms with Crippen LogP contribution in [0.2, 0.25) is 0 Å². The highest BCUT2D eigenvalue weighted by molar-refractivity contribution is 5.10. The van der Waals surface area contributed by atoms with Gasteiger partial charge in [-0.2, -0.15) is 4.39 Å². The van der Waals surface area contributed by atoms with E-state index >= 15 is 0 Å². The van der Waals surface area contributed by atoms with Gasteiger partial charge in [-0.1, -0.05) is 46.0 Å². The molecule has 1 saturated carbocycles. The Morgan fingerprint density at radius 2 is 1.66 bits per heavy atom. The molecular weight excluding hydrogens is 367 g/mol. The average molecular weight is 407 g/mol. The van der Waals surface area contributed by atoms with Crippen molar-refractivity contribution in [3.05, 3.63) is 23.5 Å². The molecule has 2 aliphatic rings. The van der Waals surface area contributed by atoms with Crippen LogP contribution in [0, 0.1) is 17.8 Å². The number of unbranched alkanes of at least 4 members (excludes halogenated alkanes) is 4. The predicted molar refractivity (Wildman–Crippen MR) is 113 cm³/mol. The third-order valence-corrected chi connectivity index (χ3v) is 6.61. The number of hydrogen-bond acceptors (Lipinski definition) is 4. The number of hydrogen-bond donors (Lipinski definition) is 0. The number of aromatic nitrogens is 2. The Hall–Kier alpha value is -1.07. The highest BCUT2D eigenvalue weighted by Crippen LogP contribution is 2.38. The molecule has 2 heterocycles. The van der Waals surface area contributed by atoms with E-state index in [-0.39, 0.29) is 18.2 Å². The van der Waals surface area contributed by atoms with E-state index in [1.807, 2.05) is 0 Å². The average Bonchev–Trinajstić information content (AvgIpc) is 2.76. The fourth-order valence-corrected chi connectivity index (χ4v) is 4.66. The first-order valence-corrected chi connectivity index (χ1v) is 12.0. The smallest absolute Gasteiger partial charge is 0.219 e. The summed E-state index contributed by atoms with van der Waals surface area (Å²) in [5.41, 5.74) is 0.661. The van der Waals surface area contributed by atoms with Crippen LogP contribution in [0.1, 0.15) is 102 Å². The Morgan fingerprint density at radius 3 is 2.31 bits per heavy atom. The molecule has 164 valence electrons. The van der Waals surface area contributed by atoms with Crippen molar-refractivity contribution in [1.29, 1.82) is 0 Å². The summed E-state index contributed by atoms with van der Waals surface area (Å²) >= 11 is 0. The summed E-state index contributed by atoms with van der Waals surface area (Å²) in [6.45, 7) is 6.06. The maximum absolute atomic E-state index is 14.4. The molecule has 0 amide bonds. The van der Waals surface area contributed by atoms with Crippen LogP contribution in [0.5, 0.6) is 0 Å². The lowest BCUT2D eigenvalue weighted by molar-refractivity contribution is -0.229. The Kier molecular flexibility index (Phi) is 9.32. The number of ether oxygens (including phenoxy) is 2. The highest BCUT2D eigenvalue weighted by atomic mass is 19.1. The molecule has 0 N–H and O–H groups in total. The van der Waals surface area contributed by atoms with Gasteiger partial charge in [0.25, 0.3) is 0 Å². The topological polar surface area (TPSA) is 44.2 Å². The van der Waals surface area contributed by atoms with Crippen LogP contribution in [0.3, 0.4) is 0 Å². The van der Waals surface area contributed by atoms with E-state index < -0.39 is 0 Å². The molecule has 1 saturated heterocycles. The monoisotopic (exact) mass is 406 g/mol. The minimum absolute atomic E-state index is 0.0584. The first-order chi connectivity index (χ1) is 14.2. The van der Waals surface area contributed by atoms with Gasteiger partial charge in [-0.05, 0) is 44.9 Å². The van der Waals surface area contributed by atoms with Crippen LogP contribution >= 0.6 is 0 Å². The minimum atomic E-state index is -0.318. The van der Waals surface area contributed by atoms with Gasteiger partial charge in [0, 0.05) is 29.5 Å². The Morgan fingerprint density at radius 1 is 0.966 bits per heavy atom. The second-order valence-corrected chi connectivity index (χ2v) is 9.01. The molecule has 1 aromatic heterocycles. The molecule has 1 aliphatic carbocycles. The van der Waals surface area contributed by atoms with Gasteiger partial charge in [0.2, 0.25) is 5.95 Å². The molecule has 2 fully saturated rings. The van der Waals surface area contributed by atoms with E-state index in [9.17, 15) is 4.39 Å². The molecule has 3 rings (SSSR count). The summed E-state index contributed by atoms with van der Waals surface area (Å²) in [5.74, 6) is 1.63. The van der Waals surface area contributed by atoms with Gasteiger partial charge in [-0.15, -0.1) is 0 Å². The lowest BCUT2D eigenvalue weighted by Gasteiger charge is -2.37. The second-order valence-electron chi connectivity index (χ2n) is 9.01. The van der Waals surface area contributed by atoms with Crippen LogP contribution in [0.25, 0.3) is 0 Å². The van der Waals surface area contributed by atoms with Crippen molar-refractivity contribution >= 4 is 0 Å². The number of rotatable bonds is 10. The van der Waals surface area contributed by atoms with E-state index in [0.29, 0.717) is 23.2 Å². The van der Waals surface area contributed by atoms with E-state index in [4.69, 9.17) is 9.47 Å². The zero-order valence-corrected chi connectivity index (χ0v) is 18.4. The largest absolute Gasteiger partial charge is 0.352 e. The lowest BCUT2D eigenvalue weighted by Crippen LogP contribution is -2.38. The van der Waals surface area contributed by atoms with Crippen molar-refractivity contribution in [3.8, 4) is 0 Å². The van der Waals surface area contributed by atoms with Crippen LogP contribution in [0.15, 0.2) is 6.20 Å². The van der Waals surface area contributed by atoms with Crippen LogP contribution < -0.4 is 0 Å². The summed E-state index contributed by atoms with van der Waals surface area (Å²) in [6, 6.07) is 0. The van der Waals surface area contributed by atoms with E-state index in [1.165, 1.54) is 25.7 Å². The van der Waals surface area contributed by atoms with E-state index in [2.05, 4.69) is 23.8 Å². The SMILES string of the molecule is CCCCCc1cnc(C2CCC(C3OCC(CCCCC)CO3)CC2)nc1F. The first-order valence-electron chi connectivity index (χ1n) is 12.0. The van der Waals surface area contributed by atoms with Crippen LogP contribution in [-0.2, 0) is 15.9 Å². The maximum atomic E-state index is 14.4. The molecule has 4 nitrogen and oxygen atoms in total. The zero-order chi connectivity index (χ0) is 20.5. The summed E-state index contributed by atoms with van der Waals surface area (Å²) in [7, 11) is 0. The number of halogens is 1. The molecule has 5 heteroatoms. The van der Waals surface area contributed by atoms with Gasteiger partial charge < -0.3 is 9.47 Å². The van der Waals surface area contributed by atoms with E-state index in [0.717, 1.165) is 64.6 Å². The summed E-state index contributed by atoms with van der Waals surface area (Å²) in [4.78, 5) is 8.73. The molecule has 1 aromatic rings. The van der Waals surface area contributed by atoms with Gasteiger partial charge in [-0.25, -0.2) is 9.97 Å². The van der Waals surface area contributed by atoms with Crippen LogP contribution in [0.4, 0.5) is 4.39 Å². The molecule has 1 aliphatic heterocycles. The van der Waals surface area contributed by atoms with Crippen molar-refractivity contribution in [3.63, 3.8) is 0 Å². The molecule has 0 aromatic carbocycles. The second kappa shape index (κ2) is 11.9. The molecule has 0 radical (unpaired) electrons. The predicted octanol–water partition coefficient (Wildman–Crippen LogP) is 6.19. The molecule has 0 bridgehead atoms. The fraction of sp³-hybridized carbons (Fsp3) is 0.833. The minimum Gasteiger partial charge on any atom is -0.352 e. The van der Waals surface area contributed by atoms with Crippen molar-refractivity contribution in [2.75, 3.05) is 13.2 Å². The Labute approximate surface area is 176 Å². The summed E-state index contributed by atoms with van der Waals surface area (Å²) in [5, 5.41) is 0. The normalized spacial score (nSPS) is 27.8. The molecule has 0 spiro atoms. The van der Waals surface area contributed by atoms with Gasteiger partial charge in [0.15, 0.2) is 6.29 Å². The lowest BCUT2D eigenvalue weighted by atomic mass is 9.81. The molecular formula is C24H39FN2O2. The van der Waals surface area contributed by atoms with Crippen molar-refractivity contribution in [2.45, 2.75) is 103 Å². The van der Waals surface area contributed by atoms with Gasteiger partial charge in [0.1, 0.15) is 5.82 Å². The van der Waals surface area contributed by atoms with Crippen molar-refractivity contribution < 1.29 is 13.9 Å². The third-order valence-electron chi connectivity index (χ3n) is 6.61. The van der Waals surface area contributed by atoms with Gasteiger partial charge in [0.05, 0.1) is 13.2 Å². The standard InChI is InChI=1S/C24H39FN2O2/c1-3-5-7-9-18-16-28-24(29-17-18)20-13-11-19(12-14-20)23-26-15-21(22(25)27-23)10-8-6-4-2/h15,18-20,24H,3-14,16-17H2,1-2H3. The Bertz CT molecular complexity index is 597. The molecule has 0 unspecified atom stereocenters. The maximum Gasteiger partial charge on any atom is 0.219 e. The highest BCUT2D eigenvalue weighted by Gasteiger charge is 2.33. The fourth-order valence-electron chi connectivity index (χ4n) is 4.66. The zero-order valence-electron chi connectivity index (χ0n) is 18.4.